The van der Waals surface area contributed by atoms with Gasteiger partial charge in [-0.1, -0.05) is 6.92 Å². The molecule has 8 heteroatoms. The Morgan fingerprint density at radius 1 is 1.67 bits per heavy atom. The maximum Gasteiger partial charge on any atom is 0.329 e. The molecule has 4 N–H and O–H groups in total. The molecule has 1 aliphatic rings. The molecule has 0 bridgehead atoms. The molecule has 1 fully saturated rings. The van der Waals surface area contributed by atoms with Crippen LogP contribution in [-0.2, 0) is 0 Å². The molecule has 1 aromatic heterocycles. The Bertz CT molecular complexity index is 448. The third-order valence-corrected chi connectivity index (χ3v) is 3.11. The third-order valence-electron chi connectivity index (χ3n) is 3.11. The molecule has 0 saturated heterocycles. The van der Waals surface area contributed by atoms with Crippen LogP contribution in [0.2, 0.25) is 0 Å². The Morgan fingerprint density at radius 2 is 2.39 bits per heavy atom. The van der Waals surface area contributed by atoms with Crippen LogP contribution in [0.25, 0.3) is 0 Å². The highest BCUT2D eigenvalue weighted by molar-refractivity contribution is 5.56. The van der Waals surface area contributed by atoms with Gasteiger partial charge >= 0.3 is 5.69 Å². The van der Waals surface area contributed by atoms with Crippen LogP contribution in [0.15, 0.2) is 6.20 Å². The molecule has 2 rings (SSSR count). The second kappa shape index (κ2) is 5.13. The second-order valence-electron chi connectivity index (χ2n) is 4.52. The highest BCUT2D eigenvalue weighted by Crippen LogP contribution is 2.36. The van der Waals surface area contributed by atoms with E-state index >= 15 is 0 Å². The quantitative estimate of drug-likeness (QED) is 0.394. The van der Waals surface area contributed by atoms with Crippen LogP contribution in [0.5, 0.6) is 0 Å². The lowest BCUT2D eigenvalue weighted by Crippen LogP contribution is -2.17. The van der Waals surface area contributed by atoms with Crippen molar-refractivity contribution in [2.45, 2.75) is 19.8 Å². The maximum atomic E-state index is 10.8. The molecule has 1 unspecified atom stereocenters. The summed E-state index contributed by atoms with van der Waals surface area (Å²) in [6.45, 7) is 2.78. The SMILES string of the molecule is CC(CNc1nc(NN)ncc1[N+](=O)[O-])C1CC1. The van der Waals surface area contributed by atoms with E-state index in [-0.39, 0.29) is 17.5 Å². The number of aromatic nitrogens is 2. The lowest BCUT2D eigenvalue weighted by Gasteiger charge is -2.12. The molecule has 0 aromatic carbocycles. The van der Waals surface area contributed by atoms with E-state index in [1.807, 2.05) is 0 Å². The van der Waals surface area contributed by atoms with Crippen molar-refractivity contribution in [1.82, 2.24) is 9.97 Å². The molecule has 0 aliphatic heterocycles. The topological polar surface area (TPSA) is 119 Å². The van der Waals surface area contributed by atoms with Crippen molar-refractivity contribution >= 4 is 17.5 Å². The molecule has 1 aromatic rings. The number of hydrazine groups is 1. The lowest BCUT2D eigenvalue weighted by atomic mass is 10.1. The normalized spacial score (nSPS) is 16.1. The summed E-state index contributed by atoms with van der Waals surface area (Å²) in [6, 6.07) is 0. The van der Waals surface area contributed by atoms with Gasteiger partial charge in [0.15, 0.2) is 0 Å². The first-order chi connectivity index (χ1) is 8.61. The molecule has 1 aliphatic carbocycles. The first-order valence-electron chi connectivity index (χ1n) is 5.83. The van der Waals surface area contributed by atoms with Gasteiger partial charge in [0.2, 0.25) is 11.8 Å². The number of hydrogen-bond acceptors (Lipinski definition) is 7. The Balaban J connectivity index is 2.09. The van der Waals surface area contributed by atoms with Crippen molar-refractivity contribution < 1.29 is 4.92 Å². The molecule has 0 radical (unpaired) electrons. The minimum atomic E-state index is -0.510. The average Bonchev–Trinajstić information content (AvgIpc) is 3.19. The Kier molecular flexibility index (Phi) is 3.56. The van der Waals surface area contributed by atoms with Crippen LogP contribution in [-0.4, -0.2) is 21.4 Å². The maximum absolute atomic E-state index is 10.8. The fraction of sp³-hybridized carbons (Fsp3) is 0.600. The highest BCUT2D eigenvalue weighted by atomic mass is 16.6. The van der Waals surface area contributed by atoms with Gasteiger partial charge in [-0.05, 0) is 24.7 Å². The predicted octanol–water partition coefficient (Wildman–Crippen LogP) is 1.13. The summed E-state index contributed by atoms with van der Waals surface area (Å²) in [5.41, 5.74) is 2.13. The largest absolute Gasteiger partial charge is 0.364 e. The summed E-state index contributed by atoms with van der Waals surface area (Å²) in [4.78, 5) is 18.0. The van der Waals surface area contributed by atoms with Crippen LogP contribution in [0.4, 0.5) is 17.5 Å². The molecule has 0 amide bonds. The van der Waals surface area contributed by atoms with E-state index in [1.54, 1.807) is 0 Å². The van der Waals surface area contributed by atoms with E-state index < -0.39 is 4.92 Å². The van der Waals surface area contributed by atoms with Crippen molar-refractivity contribution in [2.24, 2.45) is 17.7 Å². The fourth-order valence-corrected chi connectivity index (χ4v) is 1.80. The van der Waals surface area contributed by atoms with Crippen molar-refractivity contribution in [3.8, 4) is 0 Å². The van der Waals surface area contributed by atoms with E-state index in [2.05, 4.69) is 27.6 Å². The van der Waals surface area contributed by atoms with Gasteiger partial charge in [0.05, 0.1) is 4.92 Å². The first kappa shape index (κ1) is 12.5. The standard InChI is InChI=1S/C10H16N6O2/c1-6(7-2-3-7)4-12-9-8(16(17)18)5-13-10(14-9)15-11/h5-7H,2-4,11H2,1H3,(H2,12,13,14,15). The zero-order valence-corrected chi connectivity index (χ0v) is 10.1. The van der Waals surface area contributed by atoms with Gasteiger partial charge in [-0.3, -0.25) is 15.5 Å². The minimum Gasteiger partial charge on any atom is -0.364 e. The van der Waals surface area contributed by atoms with Crippen molar-refractivity contribution in [1.29, 1.82) is 0 Å². The molecule has 0 spiro atoms. The molecular weight excluding hydrogens is 236 g/mol. The van der Waals surface area contributed by atoms with E-state index in [4.69, 9.17) is 5.84 Å². The Hall–Kier alpha value is -1.96. The summed E-state index contributed by atoms with van der Waals surface area (Å²) in [6.07, 6.45) is 3.63. The van der Waals surface area contributed by atoms with Crippen LogP contribution in [0.1, 0.15) is 19.8 Å². The van der Waals surface area contributed by atoms with Gasteiger partial charge in [0.1, 0.15) is 6.20 Å². The molecular formula is C10H16N6O2. The van der Waals surface area contributed by atoms with E-state index in [9.17, 15) is 10.1 Å². The second-order valence-corrected chi connectivity index (χ2v) is 4.52. The molecule has 18 heavy (non-hydrogen) atoms. The van der Waals surface area contributed by atoms with Crippen molar-refractivity contribution in [3.05, 3.63) is 16.3 Å². The number of hydrogen-bond donors (Lipinski definition) is 3. The number of anilines is 2. The van der Waals surface area contributed by atoms with Crippen LogP contribution in [0, 0.1) is 22.0 Å². The summed E-state index contributed by atoms with van der Waals surface area (Å²) >= 11 is 0. The minimum absolute atomic E-state index is 0.142. The molecule has 1 saturated carbocycles. The fourth-order valence-electron chi connectivity index (χ4n) is 1.80. The monoisotopic (exact) mass is 252 g/mol. The summed E-state index contributed by atoms with van der Waals surface area (Å²) in [7, 11) is 0. The number of rotatable bonds is 6. The molecule has 8 nitrogen and oxygen atoms in total. The van der Waals surface area contributed by atoms with E-state index in [0.717, 1.165) is 12.1 Å². The summed E-state index contributed by atoms with van der Waals surface area (Å²) in [5.74, 6) is 6.75. The Morgan fingerprint density at radius 3 is 2.94 bits per heavy atom. The summed E-state index contributed by atoms with van der Waals surface area (Å²) in [5, 5.41) is 13.8. The van der Waals surface area contributed by atoms with Crippen LogP contribution < -0.4 is 16.6 Å². The number of nitrogens with one attached hydrogen (secondary N) is 2. The summed E-state index contributed by atoms with van der Waals surface area (Å²) < 4.78 is 0. The smallest absolute Gasteiger partial charge is 0.329 e. The van der Waals surface area contributed by atoms with Crippen molar-refractivity contribution in [2.75, 3.05) is 17.3 Å². The zero-order chi connectivity index (χ0) is 13.1. The van der Waals surface area contributed by atoms with Crippen LogP contribution in [0.3, 0.4) is 0 Å². The number of nitrogen functional groups attached to an aromatic ring is 1. The van der Waals surface area contributed by atoms with E-state index in [0.29, 0.717) is 12.5 Å². The first-order valence-corrected chi connectivity index (χ1v) is 5.83. The predicted molar refractivity (Wildman–Crippen MR) is 66.9 cm³/mol. The number of nitro groups is 1. The highest BCUT2D eigenvalue weighted by Gasteiger charge is 2.28. The lowest BCUT2D eigenvalue weighted by molar-refractivity contribution is -0.384. The molecule has 1 atom stereocenters. The van der Waals surface area contributed by atoms with Gasteiger partial charge < -0.3 is 5.32 Å². The van der Waals surface area contributed by atoms with Crippen LogP contribution >= 0.6 is 0 Å². The molecule has 1 heterocycles. The van der Waals surface area contributed by atoms with E-state index in [1.165, 1.54) is 12.8 Å². The van der Waals surface area contributed by atoms with Gasteiger partial charge in [0.25, 0.3) is 0 Å². The third kappa shape index (κ3) is 2.83. The van der Waals surface area contributed by atoms with Gasteiger partial charge in [-0.25, -0.2) is 10.8 Å². The van der Waals surface area contributed by atoms with Gasteiger partial charge in [0, 0.05) is 6.54 Å². The molecule has 98 valence electrons. The Labute approximate surface area is 104 Å². The number of nitrogens with zero attached hydrogens (tertiary/aromatic N) is 3. The average molecular weight is 252 g/mol. The van der Waals surface area contributed by atoms with Gasteiger partial charge in [-0.15, -0.1) is 0 Å². The zero-order valence-electron chi connectivity index (χ0n) is 10.1. The van der Waals surface area contributed by atoms with Crippen molar-refractivity contribution in [3.63, 3.8) is 0 Å². The van der Waals surface area contributed by atoms with Gasteiger partial charge in [-0.2, -0.15) is 4.98 Å². The number of nitrogens with two attached hydrogens (primary N) is 1.